The molecule has 1 radical (unpaired) electrons. The van der Waals surface area contributed by atoms with Crippen LogP contribution < -0.4 is 5.32 Å². The average molecular weight is 222 g/mol. The first kappa shape index (κ1) is 10.1. The summed E-state index contributed by atoms with van der Waals surface area (Å²) in [4.78, 5) is 12.0. The monoisotopic (exact) mass is 222 g/mol. The number of ketones is 1. The second-order valence-corrected chi connectivity index (χ2v) is 4.19. The van der Waals surface area contributed by atoms with Crippen molar-refractivity contribution in [3.05, 3.63) is 65.7 Å². The van der Waals surface area contributed by atoms with Gasteiger partial charge in [-0.2, -0.15) is 0 Å². The molecule has 0 aliphatic carbocycles. The van der Waals surface area contributed by atoms with Crippen LogP contribution in [0.4, 0.5) is 5.69 Å². The fraction of sp³-hybridized carbons (Fsp3) is 0.133. The first-order valence-electron chi connectivity index (χ1n) is 5.70. The Balaban J connectivity index is 1.97. The number of Topliss-reactive ketones (excluding diaryl/α,β-unsaturated/α-hetero) is 1. The number of benzene rings is 2. The van der Waals surface area contributed by atoms with Gasteiger partial charge in [0.15, 0.2) is 5.78 Å². The van der Waals surface area contributed by atoms with Gasteiger partial charge >= 0.3 is 0 Å². The zero-order chi connectivity index (χ0) is 11.7. The van der Waals surface area contributed by atoms with Crippen LogP contribution in [0.25, 0.3) is 0 Å². The molecule has 2 heteroatoms. The van der Waals surface area contributed by atoms with Gasteiger partial charge in [-0.3, -0.25) is 4.79 Å². The van der Waals surface area contributed by atoms with Crippen LogP contribution in [-0.4, -0.2) is 5.78 Å². The van der Waals surface area contributed by atoms with Crippen LogP contribution in [0.2, 0.25) is 0 Å². The molecule has 0 aromatic heterocycles. The van der Waals surface area contributed by atoms with Crippen LogP contribution >= 0.6 is 0 Å². The summed E-state index contributed by atoms with van der Waals surface area (Å²) in [7, 11) is 0. The highest BCUT2D eigenvalue weighted by molar-refractivity contribution is 6.03. The third-order valence-corrected chi connectivity index (χ3v) is 3.06. The van der Waals surface area contributed by atoms with E-state index < -0.39 is 0 Å². The molecule has 0 saturated carbocycles. The van der Waals surface area contributed by atoms with Crippen molar-refractivity contribution in [2.24, 2.45) is 0 Å². The second-order valence-electron chi connectivity index (χ2n) is 4.19. The number of hydrogen-bond donors (Lipinski definition) is 1. The molecule has 0 fully saturated rings. The number of para-hydroxylation sites is 1. The summed E-state index contributed by atoms with van der Waals surface area (Å²) in [6.07, 6.45) is 0.498. The molecule has 1 heterocycles. The lowest BCUT2D eigenvalue weighted by Crippen LogP contribution is -2.22. The minimum absolute atomic E-state index is 0.0404. The van der Waals surface area contributed by atoms with Crippen molar-refractivity contribution in [2.45, 2.75) is 12.5 Å². The van der Waals surface area contributed by atoms with Crippen molar-refractivity contribution in [2.75, 3.05) is 5.32 Å². The van der Waals surface area contributed by atoms with E-state index in [9.17, 15) is 4.79 Å². The Morgan fingerprint density at radius 2 is 1.94 bits per heavy atom. The van der Waals surface area contributed by atoms with E-state index in [1.54, 1.807) is 0 Å². The largest absolute Gasteiger partial charge is 0.377 e. The Morgan fingerprint density at radius 1 is 1.12 bits per heavy atom. The van der Waals surface area contributed by atoms with Crippen molar-refractivity contribution >= 4 is 11.5 Å². The molecule has 0 spiro atoms. The van der Waals surface area contributed by atoms with Crippen molar-refractivity contribution in [3.8, 4) is 0 Å². The molecule has 1 atom stereocenters. The maximum atomic E-state index is 12.0. The Labute approximate surface area is 100 Å². The van der Waals surface area contributed by atoms with Crippen molar-refractivity contribution in [3.63, 3.8) is 0 Å². The number of hydrogen-bond acceptors (Lipinski definition) is 2. The van der Waals surface area contributed by atoms with Crippen LogP contribution in [0.15, 0.2) is 48.5 Å². The van der Waals surface area contributed by atoms with Crippen LogP contribution in [0.5, 0.6) is 0 Å². The lowest BCUT2D eigenvalue weighted by Gasteiger charge is -2.26. The third kappa shape index (κ3) is 1.82. The first-order chi connectivity index (χ1) is 8.34. The van der Waals surface area contributed by atoms with Gasteiger partial charge in [-0.25, -0.2) is 0 Å². The molecule has 3 rings (SSSR count). The molecule has 1 aliphatic heterocycles. The van der Waals surface area contributed by atoms with Gasteiger partial charge in [0.2, 0.25) is 0 Å². The third-order valence-electron chi connectivity index (χ3n) is 3.06. The molecule has 1 N–H and O–H groups in total. The van der Waals surface area contributed by atoms with Gasteiger partial charge in [0, 0.05) is 17.7 Å². The van der Waals surface area contributed by atoms with E-state index in [2.05, 4.69) is 11.4 Å². The highest BCUT2D eigenvalue weighted by Gasteiger charge is 2.24. The maximum absolute atomic E-state index is 12.0. The molecule has 1 unspecified atom stereocenters. The highest BCUT2D eigenvalue weighted by Crippen LogP contribution is 2.31. The summed E-state index contributed by atoms with van der Waals surface area (Å²) < 4.78 is 0. The topological polar surface area (TPSA) is 29.1 Å². The van der Waals surface area contributed by atoms with Crippen molar-refractivity contribution in [1.29, 1.82) is 0 Å². The Hall–Kier alpha value is -2.09. The molecule has 2 nitrogen and oxygen atoms in total. The Kier molecular flexibility index (Phi) is 2.41. The molecule has 0 amide bonds. The van der Waals surface area contributed by atoms with E-state index in [1.807, 2.05) is 48.5 Å². The predicted molar refractivity (Wildman–Crippen MR) is 67.0 cm³/mol. The van der Waals surface area contributed by atoms with Crippen LogP contribution in [0, 0.1) is 6.07 Å². The smallest absolute Gasteiger partial charge is 0.167 e. The van der Waals surface area contributed by atoms with Gasteiger partial charge < -0.3 is 5.32 Å². The SMILES string of the molecule is O=C1CC(c2[c]cccc2)Nc2ccccc21. The van der Waals surface area contributed by atoms with Gasteiger partial charge in [-0.1, -0.05) is 36.4 Å². The molecule has 0 bridgehead atoms. The van der Waals surface area contributed by atoms with E-state index in [0.717, 1.165) is 16.8 Å². The summed E-state index contributed by atoms with van der Waals surface area (Å²) in [5, 5.41) is 3.39. The number of nitrogens with one attached hydrogen (secondary N) is 1. The van der Waals surface area contributed by atoms with Crippen molar-refractivity contribution < 1.29 is 4.79 Å². The molecule has 0 saturated heterocycles. The molecule has 83 valence electrons. The Morgan fingerprint density at radius 3 is 2.76 bits per heavy atom. The quantitative estimate of drug-likeness (QED) is 0.802. The number of carbonyl (C=O) groups is 1. The summed E-state index contributed by atoms with van der Waals surface area (Å²) >= 11 is 0. The first-order valence-corrected chi connectivity index (χ1v) is 5.70. The minimum atomic E-state index is 0.0404. The van der Waals surface area contributed by atoms with Gasteiger partial charge in [-0.15, -0.1) is 0 Å². The molecule has 1 aliphatic rings. The van der Waals surface area contributed by atoms with E-state index in [0.29, 0.717) is 6.42 Å². The summed E-state index contributed by atoms with van der Waals surface area (Å²) in [6, 6.07) is 18.6. The zero-order valence-electron chi connectivity index (χ0n) is 9.31. The fourth-order valence-corrected chi connectivity index (χ4v) is 2.20. The van der Waals surface area contributed by atoms with Gasteiger partial charge in [-0.05, 0) is 23.8 Å². The van der Waals surface area contributed by atoms with E-state index in [4.69, 9.17) is 0 Å². The number of fused-ring (bicyclic) bond motifs is 1. The summed E-state index contributed by atoms with van der Waals surface area (Å²) in [5.74, 6) is 0.196. The fourth-order valence-electron chi connectivity index (χ4n) is 2.20. The summed E-state index contributed by atoms with van der Waals surface area (Å²) in [5.41, 5.74) is 2.75. The maximum Gasteiger partial charge on any atom is 0.167 e. The van der Waals surface area contributed by atoms with E-state index in [-0.39, 0.29) is 11.8 Å². The van der Waals surface area contributed by atoms with E-state index in [1.165, 1.54) is 0 Å². The molecule has 2 aromatic rings. The van der Waals surface area contributed by atoms with Crippen molar-refractivity contribution in [1.82, 2.24) is 0 Å². The highest BCUT2D eigenvalue weighted by atomic mass is 16.1. The van der Waals surface area contributed by atoms with Crippen LogP contribution in [-0.2, 0) is 0 Å². The predicted octanol–water partition coefficient (Wildman–Crippen LogP) is 3.23. The minimum Gasteiger partial charge on any atom is -0.377 e. The molecule has 2 aromatic carbocycles. The van der Waals surface area contributed by atoms with E-state index >= 15 is 0 Å². The molecular weight excluding hydrogens is 210 g/mol. The molecular formula is C15H12NO. The number of anilines is 1. The summed E-state index contributed by atoms with van der Waals surface area (Å²) in [6.45, 7) is 0. The van der Waals surface area contributed by atoms with Gasteiger partial charge in [0.1, 0.15) is 0 Å². The average Bonchev–Trinajstić information content (AvgIpc) is 2.40. The lowest BCUT2D eigenvalue weighted by atomic mass is 9.92. The second kappa shape index (κ2) is 4.06. The van der Waals surface area contributed by atoms with Crippen LogP contribution in [0.3, 0.4) is 0 Å². The number of carbonyl (C=O) groups excluding carboxylic acids is 1. The lowest BCUT2D eigenvalue weighted by molar-refractivity contribution is 0.0972. The number of rotatable bonds is 1. The standard InChI is InChI=1S/C15H12NO/c17-15-10-14(11-6-2-1-3-7-11)16-13-9-5-4-8-12(13)15/h1-6,8-9,14,16H,10H2. The normalized spacial score (nSPS) is 18.4. The van der Waals surface area contributed by atoms with Gasteiger partial charge in [0.05, 0.1) is 6.04 Å². The van der Waals surface area contributed by atoms with Gasteiger partial charge in [0.25, 0.3) is 0 Å². The zero-order valence-corrected chi connectivity index (χ0v) is 9.31. The molecule has 17 heavy (non-hydrogen) atoms. The Bertz CT molecular complexity index is 548. The van der Waals surface area contributed by atoms with Crippen LogP contribution in [0.1, 0.15) is 28.4 Å².